The Morgan fingerprint density at radius 1 is 0.479 bits per heavy atom. The summed E-state index contributed by atoms with van der Waals surface area (Å²) in [6.07, 6.45) is 0. The predicted octanol–water partition coefficient (Wildman–Crippen LogP) is 6.25. The maximum absolute atomic E-state index is 6.47. The van der Waals surface area contributed by atoms with Crippen LogP contribution in [0.5, 0.6) is 11.5 Å². The number of ether oxygens (including phenoxy) is 1. The van der Waals surface area contributed by atoms with Gasteiger partial charge < -0.3 is 9.64 Å². The molecule has 0 aliphatic carbocycles. The Morgan fingerprint density at radius 3 is 1.92 bits per heavy atom. The van der Waals surface area contributed by atoms with E-state index < -0.39 is 0 Å². The van der Waals surface area contributed by atoms with Gasteiger partial charge in [0.05, 0.1) is 0 Å². The molecule has 11 rings (SSSR count). The average Bonchev–Trinajstić information content (AvgIpc) is 3.14. The lowest BCUT2D eigenvalue weighted by molar-refractivity contribution is 0.486. The molecule has 7 heteroatoms. The van der Waals surface area contributed by atoms with Gasteiger partial charge in [0.15, 0.2) is 0 Å². The molecule has 222 valence electrons. The van der Waals surface area contributed by atoms with E-state index in [9.17, 15) is 0 Å². The van der Waals surface area contributed by atoms with E-state index >= 15 is 0 Å². The highest BCUT2D eigenvalue weighted by Gasteiger charge is 2.46. The molecule has 0 radical (unpaired) electrons. The number of rotatable bonds is 2. The van der Waals surface area contributed by atoms with E-state index in [1.165, 1.54) is 43.0 Å². The van der Waals surface area contributed by atoms with Crippen LogP contribution in [-0.4, -0.2) is 18.4 Å². The van der Waals surface area contributed by atoms with Crippen LogP contribution < -0.4 is 47.4 Å². The molecule has 0 spiro atoms. The summed E-state index contributed by atoms with van der Waals surface area (Å²) in [6.45, 7) is 0.00991. The summed E-state index contributed by atoms with van der Waals surface area (Å²) in [5.41, 5.74) is 13.1. The summed E-state index contributed by atoms with van der Waals surface area (Å²) >= 11 is 1.82. The third-order valence-corrected chi connectivity index (χ3v) is 11.3. The quantitative estimate of drug-likeness (QED) is 0.211. The lowest BCUT2D eigenvalue weighted by Crippen LogP contribution is -2.64. The standard InChI is InChI=1S/C41H25B2N3OS/c1-3-13-26(14-4-1)45-31-19-9-7-17-28(31)42-30-25-37-40(43-29-18-8-10-22-34(29)47-35-23-12-24-36(48-37)39(35)43)44-41(30)46(27-15-5-2-6-16-27)33-21-11-20-32(45)38(33)42/h1-25H. The van der Waals surface area contributed by atoms with Crippen LogP contribution >= 0.6 is 11.8 Å². The lowest BCUT2D eigenvalue weighted by atomic mass is 9.33. The molecule has 7 aromatic rings. The molecule has 5 heterocycles. The number of para-hydroxylation sites is 4. The minimum Gasteiger partial charge on any atom is -0.458 e. The largest absolute Gasteiger partial charge is 0.458 e. The van der Waals surface area contributed by atoms with Gasteiger partial charge in [0.2, 0.25) is 0 Å². The molecule has 0 amide bonds. The first-order chi connectivity index (χ1) is 23.8. The van der Waals surface area contributed by atoms with Crippen LogP contribution in [0.1, 0.15) is 0 Å². The molecule has 1 aromatic heterocycles. The number of benzene rings is 6. The Labute approximate surface area is 283 Å². The van der Waals surface area contributed by atoms with Crippen molar-refractivity contribution in [3.63, 3.8) is 0 Å². The molecule has 0 unspecified atom stereocenters. The zero-order valence-electron chi connectivity index (χ0n) is 25.7. The van der Waals surface area contributed by atoms with E-state index in [1.54, 1.807) is 0 Å². The van der Waals surface area contributed by atoms with E-state index in [2.05, 4.69) is 161 Å². The van der Waals surface area contributed by atoms with Crippen molar-refractivity contribution in [1.82, 2.24) is 4.98 Å². The summed E-state index contributed by atoms with van der Waals surface area (Å²) < 4.78 is 6.47. The van der Waals surface area contributed by atoms with E-state index in [4.69, 9.17) is 9.72 Å². The predicted molar refractivity (Wildman–Crippen MR) is 200 cm³/mol. The van der Waals surface area contributed by atoms with E-state index in [0.29, 0.717) is 0 Å². The lowest BCUT2D eigenvalue weighted by Gasteiger charge is -2.44. The average molecular weight is 629 g/mol. The molecule has 0 fully saturated rings. The van der Waals surface area contributed by atoms with E-state index in [1.807, 2.05) is 11.8 Å². The fourth-order valence-corrected chi connectivity index (χ4v) is 9.41. The van der Waals surface area contributed by atoms with Crippen molar-refractivity contribution in [3.05, 3.63) is 152 Å². The molecular formula is C41H25B2N3OS. The molecule has 48 heavy (non-hydrogen) atoms. The van der Waals surface area contributed by atoms with E-state index in [0.717, 1.165) is 45.4 Å². The monoisotopic (exact) mass is 629 g/mol. The number of aromatic nitrogens is 1. The van der Waals surface area contributed by atoms with Crippen molar-refractivity contribution in [1.29, 1.82) is 0 Å². The number of pyridine rings is 1. The number of hydrogen-bond donors (Lipinski definition) is 0. The minimum atomic E-state index is -0.0136. The van der Waals surface area contributed by atoms with Crippen LogP contribution in [-0.2, 0) is 0 Å². The van der Waals surface area contributed by atoms with Crippen molar-refractivity contribution >= 4 is 92.3 Å². The zero-order valence-corrected chi connectivity index (χ0v) is 26.6. The van der Waals surface area contributed by atoms with Gasteiger partial charge in [-0.3, -0.25) is 4.90 Å². The van der Waals surface area contributed by atoms with Gasteiger partial charge in [-0.25, -0.2) is 4.98 Å². The van der Waals surface area contributed by atoms with Crippen LogP contribution in [0.15, 0.2) is 161 Å². The van der Waals surface area contributed by atoms with Gasteiger partial charge in [-0.05, 0) is 94.0 Å². The second-order valence-electron chi connectivity index (χ2n) is 12.7. The van der Waals surface area contributed by atoms with Gasteiger partial charge in [0.1, 0.15) is 17.3 Å². The molecule has 0 saturated carbocycles. The number of nitrogens with zero attached hydrogens (tertiary/aromatic N) is 3. The number of fused-ring (bicyclic) bond motifs is 8. The number of hydrogen-bond acceptors (Lipinski definition) is 5. The SMILES string of the molecule is c1ccc(N2c3ccccc3B3c4cc5c(nc4N(c4ccccc4)c4cccc2c43)B2c3ccccc3Oc3cccc(c32)S5)cc1. The van der Waals surface area contributed by atoms with Crippen LogP contribution in [0.3, 0.4) is 0 Å². The second-order valence-corrected chi connectivity index (χ2v) is 13.8. The van der Waals surface area contributed by atoms with Crippen molar-refractivity contribution in [2.75, 3.05) is 9.80 Å². The molecule has 4 aliphatic heterocycles. The highest BCUT2D eigenvalue weighted by atomic mass is 32.2. The van der Waals surface area contributed by atoms with Gasteiger partial charge >= 0.3 is 0 Å². The summed E-state index contributed by atoms with van der Waals surface area (Å²) in [5.74, 6) is 2.82. The van der Waals surface area contributed by atoms with Gasteiger partial charge in [-0.1, -0.05) is 96.7 Å². The van der Waals surface area contributed by atoms with Crippen molar-refractivity contribution in [2.24, 2.45) is 0 Å². The smallest absolute Gasteiger partial charge is 0.277 e. The maximum Gasteiger partial charge on any atom is 0.277 e. The Bertz CT molecular complexity index is 2460. The van der Waals surface area contributed by atoms with Crippen LogP contribution in [0, 0.1) is 0 Å². The first-order valence-electron chi connectivity index (χ1n) is 16.4. The van der Waals surface area contributed by atoms with Gasteiger partial charge in [0, 0.05) is 43.8 Å². The Kier molecular flexibility index (Phi) is 5.46. The molecular weight excluding hydrogens is 604 g/mol. The molecule has 0 saturated heterocycles. The topological polar surface area (TPSA) is 28.6 Å². The fourth-order valence-electron chi connectivity index (χ4n) is 8.25. The first kappa shape index (κ1) is 26.4. The van der Waals surface area contributed by atoms with E-state index in [-0.39, 0.29) is 13.4 Å². The molecule has 4 aliphatic rings. The van der Waals surface area contributed by atoms with Crippen molar-refractivity contribution < 1.29 is 4.74 Å². The molecule has 6 aromatic carbocycles. The fraction of sp³-hybridized carbons (Fsp3) is 0. The van der Waals surface area contributed by atoms with Crippen molar-refractivity contribution in [2.45, 2.75) is 9.79 Å². The highest BCUT2D eigenvalue weighted by molar-refractivity contribution is 8.00. The Hall–Kier alpha value is -5.65. The van der Waals surface area contributed by atoms with Crippen LogP contribution in [0.4, 0.5) is 34.3 Å². The third-order valence-electron chi connectivity index (χ3n) is 10.2. The van der Waals surface area contributed by atoms with Crippen LogP contribution in [0.2, 0.25) is 0 Å². The molecule has 4 nitrogen and oxygen atoms in total. The Balaban J connectivity index is 1.22. The summed E-state index contributed by atoms with van der Waals surface area (Å²) in [5, 5.41) is 0. The third kappa shape index (κ3) is 3.57. The maximum atomic E-state index is 6.47. The van der Waals surface area contributed by atoms with Gasteiger partial charge in [0.25, 0.3) is 13.4 Å². The minimum absolute atomic E-state index is 0.0136. The summed E-state index contributed by atoms with van der Waals surface area (Å²) in [6, 6.07) is 54.4. The number of anilines is 6. The second kappa shape index (κ2) is 9.93. The van der Waals surface area contributed by atoms with Crippen LogP contribution in [0.25, 0.3) is 0 Å². The zero-order chi connectivity index (χ0) is 31.3. The first-order valence-corrected chi connectivity index (χ1v) is 17.2. The summed E-state index contributed by atoms with van der Waals surface area (Å²) in [4.78, 5) is 13.0. The highest BCUT2D eigenvalue weighted by Crippen LogP contribution is 2.44. The Morgan fingerprint density at radius 2 is 1.10 bits per heavy atom. The molecule has 0 atom stereocenters. The van der Waals surface area contributed by atoms with Crippen molar-refractivity contribution in [3.8, 4) is 11.5 Å². The molecule has 0 N–H and O–H groups in total. The summed E-state index contributed by atoms with van der Waals surface area (Å²) in [7, 11) is 0. The normalized spacial score (nSPS) is 14.2. The molecule has 0 bridgehead atoms. The van der Waals surface area contributed by atoms with Gasteiger partial charge in [-0.15, -0.1) is 0 Å². The van der Waals surface area contributed by atoms with Gasteiger partial charge in [-0.2, -0.15) is 0 Å².